The highest BCUT2D eigenvalue weighted by Gasteiger charge is 2.20. The van der Waals surface area contributed by atoms with Gasteiger partial charge in [0.15, 0.2) is 0 Å². The summed E-state index contributed by atoms with van der Waals surface area (Å²) < 4.78 is 0. The fourth-order valence-electron chi connectivity index (χ4n) is 2.52. The number of aryl methyl sites for hydroxylation is 1. The van der Waals surface area contributed by atoms with Crippen LogP contribution < -0.4 is 0 Å². The molecule has 4 nitrogen and oxygen atoms in total. The van der Waals surface area contributed by atoms with Gasteiger partial charge in [0.1, 0.15) is 5.69 Å². The Bertz CT molecular complexity index is 902. The van der Waals surface area contributed by atoms with Gasteiger partial charge in [0, 0.05) is 17.5 Å². The molecule has 0 fully saturated rings. The Morgan fingerprint density at radius 2 is 1.83 bits per heavy atom. The first-order valence-corrected chi connectivity index (χ1v) is 8.03. The zero-order valence-corrected chi connectivity index (χ0v) is 14.3. The van der Waals surface area contributed by atoms with E-state index in [2.05, 4.69) is 10.2 Å². The van der Waals surface area contributed by atoms with Crippen molar-refractivity contribution in [1.29, 1.82) is 0 Å². The van der Waals surface area contributed by atoms with Gasteiger partial charge >= 0.3 is 5.97 Å². The Morgan fingerprint density at radius 3 is 2.46 bits per heavy atom. The van der Waals surface area contributed by atoms with E-state index in [0.29, 0.717) is 27.7 Å². The summed E-state index contributed by atoms with van der Waals surface area (Å²) in [5, 5.41) is 17.2. The highest BCUT2D eigenvalue weighted by Crippen LogP contribution is 2.29. The molecule has 122 valence electrons. The molecule has 1 aromatic heterocycles. The van der Waals surface area contributed by atoms with Gasteiger partial charge in [-0.25, -0.2) is 4.79 Å². The molecule has 2 N–H and O–H groups in total. The molecule has 3 rings (SSSR count). The van der Waals surface area contributed by atoms with Gasteiger partial charge in [-0.05, 0) is 24.6 Å². The van der Waals surface area contributed by atoms with Gasteiger partial charge in [-0.1, -0.05) is 59.1 Å². The monoisotopic (exact) mass is 360 g/mol. The predicted octanol–water partition coefficient (Wildman–Crippen LogP) is 4.98. The van der Waals surface area contributed by atoms with Crippen LogP contribution in [0.3, 0.4) is 0 Å². The molecule has 0 unspecified atom stereocenters. The fraction of sp³-hybridized carbons (Fsp3) is 0.111. The number of aromatic amines is 1. The summed E-state index contributed by atoms with van der Waals surface area (Å²) in [6.07, 6.45) is 0.387. The third-order valence-corrected chi connectivity index (χ3v) is 4.51. The molecule has 0 bridgehead atoms. The number of rotatable bonds is 4. The normalized spacial score (nSPS) is 10.8. The van der Waals surface area contributed by atoms with Crippen LogP contribution in [0.1, 0.15) is 27.2 Å². The molecule has 0 aliphatic rings. The van der Waals surface area contributed by atoms with Crippen LogP contribution in [0.15, 0.2) is 42.5 Å². The first-order valence-electron chi connectivity index (χ1n) is 7.27. The molecule has 3 aromatic rings. The number of aromatic carboxylic acids is 1. The second-order valence-corrected chi connectivity index (χ2v) is 6.34. The number of benzene rings is 2. The number of carboxylic acid groups (broad SMARTS) is 1. The van der Waals surface area contributed by atoms with Crippen molar-refractivity contribution in [2.45, 2.75) is 13.3 Å². The Morgan fingerprint density at radius 1 is 1.12 bits per heavy atom. The lowest BCUT2D eigenvalue weighted by molar-refractivity contribution is 0.0689. The minimum atomic E-state index is -1.05. The van der Waals surface area contributed by atoms with Gasteiger partial charge in [-0.15, -0.1) is 0 Å². The Kier molecular flexibility index (Phi) is 4.60. The van der Waals surface area contributed by atoms with Crippen molar-refractivity contribution in [2.24, 2.45) is 0 Å². The number of hydrogen-bond donors (Lipinski definition) is 2. The molecule has 6 heteroatoms. The van der Waals surface area contributed by atoms with Gasteiger partial charge in [0.25, 0.3) is 0 Å². The summed E-state index contributed by atoms with van der Waals surface area (Å²) in [5.41, 5.74) is 4.17. The van der Waals surface area contributed by atoms with Crippen LogP contribution in [0, 0.1) is 6.92 Å². The Hall–Kier alpha value is -2.30. The average Bonchev–Trinajstić information content (AvgIpc) is 2.95. The van der Waals surface area contributed by atoms with Crippen LogP contribution in [-0.4, -0.2) is 21.3 Å². The van der Waals surface area contributed by atoms with Gasteiger partial charge in [0.05, 0.1) is 15.7 Å². The zero-order valence-electron chi connectivity index (χ0n) is 12.8. The van der Waals surface area contributed by atoms with E-state index in [1.54, 1.807) is 12.1 Å². The van der Waals surface area contributed by atoms with Crippen LogP contribution in [-0.2, 0) is 6.42 Å². The van der Waals surface area contributed by atoms with E-state index in [0.717, 1.165) is 16.7 Å². The summed E-state index contributed by atoms with van der Waals surface area (Å²) >= 11 is 12.0. The molecule has 0 aliphatic carbocycles. The number of halogens is 2. The molecular weight excluding hydrogens is 347 g/mol. The number of aromatic nitrogens is 2. The number of nitrogens with zero attached hydrogens (tertiary/aromatic N) is 1. The topological polar surface area (TPSA) is 66.0 Å². The lowest BCUT2D eigenvalue weighted by Crippen LogP contribution is -2.02. The zero-order chi connectivity index (χ0) is 17.3. The standard InChI is InChI=1S/C18H14Cl2N2O2/c1-10-2-5-12(6-3-10)16-13(17(18(23)24)22-21-16)8-11-4-7-14(19)15(20)9-11/h2-7,9H,8H2,1H3,(H,21,22)(H,23,24). The molecule has 0 saturated heterocycles. The molecule has 0 atom stereocenters. The molecule has 2 aromatic carbocycles. The van der Waals surface area contributed by atoms with Crippen LogP contribution in [0.2, 0.25) is 10.0 Å². The first kappa shape index (κ1) is 16.6. The SMILES string of the molecule is Cc1ccc(-c2n[nH]c(C(=O)O)c2Cc2ccc(Cl)c(Cl)c2)cc1. The van der Waals surface area contributed by atoms with Crippen molar-refractivity contribution in [3.05, 3.63) is 74.9 Å². The van der Waals surface area contributed by atoms with E-state index in [9.17, 15) is 9.90 Å². The highest BCUT2D eigenvalue weighted by atomic mass is 35.5. The quantitative estimate of drug-likeness (QED) is 0.689. The van der Waals surface area contributed by atoms with Crippen molar-refractivity contribution in [3.63, 3.8) is 0 Å². The second-order valence-electron chi connectivity index (χ2n) is 5.52. The van der Waals surface area contributed by atoms with Crippen molar-refractivity contribution >= 4 is 29.2 Å². The summed E-state index contributed by atoms with van der Waals surface area (Å²) in [4.78, 5) is 11.5. The van der Waals surface area contributed by atoms with Crippen LogP contribution in [0.5, 0.6) is 0 Å². The van der Waals surface area contributed by atoms with E-state index < -0.39 is 5.97 Å². The number of carbonyl (C=O) groups is 1. The second kappa shape index (κ2) is 6.67. The highest BCUT2D eigenvalue weighted by molar-refractivity contribution is 6.42. The minimum absolute atomic E-state index is 0.0802. The molecule has 0 amide bonds. The lowest BCUT2D eigenvalue weighted by atomic mass is 9.98. The van der Waals surface area contributed by atoms with Crippen LogP contribution >= 0.6 is 23.2 Å². The molecule has 0 spiro atoms. The van der Waals surface area contributed by atoms with E-state index in [1.807, 2.05) is 37.3 Å². The molecule has 24 heavy (non-hydrogen) atoms. The summed E-state index contributed by atoms with van der Waals surface area (Å²) in [7, 11) is 0. The van der Waals surface area contributed by atoms with Crippen LogP contribution in [0.25, 0.3) is 11.3 Å². The van der Waals surface area contributed by atoms with Crippen LogP contribution in [0.4, 0.5) is 0 Å². The maximum atomic E-state index is 11.5. The maximum Gasteiger partial charge on any atom is 0.354 e. The summed E-state index contributed by atoms with van der Waals surface area (Å²) in [6, 6.07) is 13.0. The van der Waals surface area contributed by atoms with E-state index in [-0.39, 0.29) is 5.69 Å². The number of H-pyrrole nitrogens is 1. The van der Waals surface area contributed by atoms with Gasteiger partial charge < -0.3 is 5.11 Å². The van der Waals surface area contributed by atoms with E-state index >= 15 is 0 Å². The minimum Gasteiger partial charge on any atom is -0.477 e. The average molecular weight is 361 g/mol. The summed E-state index contributed by atoms with van der Waals surface area (Å²) in [5.74, 6) is -1.05. The van der Waals surface area contributed by atoms with E-state index in [4.69, 9.17) is 23.2 Å². The fourth-order valence-corrected chi connectivity index (χ4v) is 2.84. The lowest BCUT2D eigenvalue weighted by Gasteiger charge is -2.06. The Labute approximate surface area is 149 Å². The van der Waals surface area contributed by atoms with Crippen molar-refractivity contribution in [1.82, 2.24) is 10.2 Å². The van der Waals surface area contributed by atoms with Crippen molar-refractivity contribution in [3.8, 4) is 11.3 Å². The Balaban J connectivity index is 2.07. The van der Waals surface area contributed by atoms with Gasteiger partial charge in [0.2, 0.25) is 0 Å². The van der Waals surface area contributed by atoms with Crippen molar-refractivity contribution < 1.29 is 9.90 Å². The first-order chi connectivity index (χ1) is 11.5. The summed E-state index contributed by atoms with van der Waals surface area (Å²) in [6.45, 7) is 1.99. The smallest absolute Gasteiger partial charge is 0.354 e. The van der Waals surface area contributed by atoms with Gasteiger partial charge in [-0.2, -0.15) is 5.10 Å². The largest absolute Gasteiger partial charge is 0.477 e. The molecule has 0 aliphatic heterocycles. The third kappa shape index (κ3) is 3.30. The third-order valence-electron chi connectivity index (χ3n) is 3.77. The predicted molar refractivity (Wildman–Crippen MR) is 95.0 cm³/mol. The maximum absolute atomic E-state index is 11.5. The van der Waals surface area contributed by atoms with Gasteiger partial charge in [-0.3, -0.25) is 5.10 Å². The molecular formula is C18H14Cl2N2O2. The van der Waals surface area contributed by atoms with E-state index in [1.165, 1.54) is 0 Å². The van der Waals surface area contributed by atoms with Crippen molar-refractivity contribution in [2.75, 3.05) is 0 Å². The molecule has 0 radical (unpaired) electrons. The number of nitrogens with one attached hydrogen (secondary N) is 1. The molecule has 1 heterocycles. The number of hydrogen-bond acceptors (Lipinski definition) is 2. The number of carboxylic acids is 1. The molecule has 0 saturated carbocycles.